The van der Waals surface area contributed by atoms with Crippen LogP contribution in [-0.4, -0.2) is 28.0 Å². The molecule has 0 atom stereocenters. The maximum absolute atomic E-state index is 12.3. The normalized spacial score (nSPS) is 12.2. The number of aromatic nitrogens is 2. The predicted molar refractivity (Wildman–Crippen MR) is 105 cm³/mol. The fourth-order valence-corrected chi connectivity index (χ4v) is 3.64. The number of benzene rings is 2. The van der Waals surface area contributed by atoms with Crippen LogP contribution in [0.3, 0.4) is 0 Å². The first-order chi connectivity index (χ1) is 13.1. The molecule has 27 heavy (non-hydrogen) atoms. The van der Waals surface area contributed by atoms with Gasteiger partial charge in [-0.3, -0.25) is 9.36 Å². The predicted octanol–water partition coefficient (Wildman–Crippen LogP) is 3.95. The third-order valence-electron chi connectivity index (χ3n) is 4.43. The number of nitrogens with zero attached hydrogens (tertiary/aromatic N) is 2. The van der Waals surface area contributed by atoms with Crippen molar-refractivity contribution in [1.29, 1.82) is 0 Å². The highest BCUT2D eigenvalue weighted by Crippen LogP contribution is 2.34. The number of rotatable bonds is 5. The van der Waals surface area contributed by atoms with Crippen LogP contribution in [-0.2, 0) is 4.79 Å². The maximum Gasteiger partial charge on any atom is 0.234 e. The highest BCUT2D eigenvalue weighted by molar-refractivity contribution is 7.99. The number of ether oxygens (including phenoxy) is 2. The van der Waals surface area contributed by atoms with Crippen LogP contribution in [0, 0.1) is 13.8 Å². The number of nitrogens with one attached hydrogen (secondary N) is 1. The van der Waals surface area contributed by atoms with Crippen LogP contribution in [0.4, 0.5) is 5.69 Å². The van der Waals surface area contributed by atoms with Crippen molar-refractivity contribution in [3.63, 3.8) is 0 Å². The molecule has 1 aliphatic heterocycles. The average Bonchev–Trinajstić information content (AvgIpc) is 3.31. The van der Waals surface area contributed by atoms with E-state index < -0.39 is 0 Å². The van der Waals surface area contributed by atoms with Gasteiger partial charge in [0, 0.05) is 24.1 Å². The van der Waals surface area contributed by atoms with Crippen molar-refractivity contribution in [2.75, 3.05) is 17.9 Å². The van der Waals surface area contributed by atoms with Gasteiger partial charge in [-0.1, -0.05) is 23.9 Å². The second-order valence-electron chi connectivity index (χ2n) is 6.20. The van der Waals surface area contributed by atoms with Gasteiger partial charge in [0.05, 0.1) is 11.4 Å². The van der Waals surface area contributed by atoms with Crippen LogP contribution in [0.1, 0.15) is 11.1 Å². The summed E-state index contributed by atoms with van der Waals surface area (Å²) in [5.41, 5.74) is 4.17. The van der Waals surface area contributed by atoms with E-state index in [1.807, 2.05) is 16.8 Å². The highest BCUT2D eigenvalue weighted by atomic mass is 32.2. The number of anilines is 1. The van der Waals surface area contributed by atoms with Gasteiger partial charge in [0.15, 0.2) is 16.7 Å². The molecular formula is C20H19N3O3S. The Hall–Kier alpha value is -2.93. The molecule has 138 valence electrons. The van der Waals surface area contributed by atoms with Gasteiger partial charge in [0.25, 0.3) is 0 Å². The first-order valence-electron chi connectivity index (χ1n) is 8.54. The van der Waals surface area contributed by atoms with E-state index in [0.717, 1.165) is 10.8 Å². The van der Waals surface area contributed by atoms with E-state index in [1.165, 1.54) is 22.9 Å². The van der Waals surface area contributed by atoms with Gasteiger partial charge in [0.1, 0.15) is 0 Å². The van der Waals surface area contributed by atoms with Gasteiger partial charge in [-0.15, -0.1) is 0 Å². The highest BCUT2D eigenvalue weighted by Gasteiger charge is 2.15. The van der Waals surface area contributed by atoms with Crippen LogP contribution < -0.4 is 14.8 Å². The van der Waals surface area contributed by atoms with Crippen molar-refractivity contribution < 1.29 is 14.3 Å². The molecule has 7 heteroatoms. The fourth-order valence-electron chi connectivity index (χ4n) is 2.88. The quantitative estimate of drug-likeness (QED) is 0.678. The van der Waals surface area contributed by atoms with E-state index in [9.17, 15) is 4.79 Å². The third kappa shape index (κ3) is 3.64. The summed E-state index contributed by atoms with van der Waals surface area (Å²) in [6.45, 7) is 4.39. The Labute approximate surface area is 161 Å². The largest absolute Gasteiger partial charge is 0.454 e. The van der Waals surface area contributed by atoms with Crippen molar-refractivity contribution in [2.45, 2.75) is 19.0 Å². The lowest BCUT2D eigenvalue weighted by atomic mass is 10.1. The molecule has 2 heterocycles. The van der Waals surface area contributed by atoms with E-state index >= 15 is 0 Å². The van der Waals surface area contributed by atoms with Crippen molar-refractivity contribution in [2.24, 2.45) is 0 Å². The molecule has 1 N–H and O–H groups in total. The standard InChI is InChI=1S/C20H19N3O3S/c1-13-4-3-5-16(14(13)2)23-9-8-21-20(23)27-11-19(24)22-15-6-7-17-18(10-15)26-12-25-17/h3-10H,11-12H2,1-2H3,(H,22,24). The number of carbonyl (C=O) groups excluding carboxylic acids is 1. The van der Waals surface area contributed by atoms with E-state index in [0.29, 0.717) is 17.2 Å². The van der Waals surface area contributed by atoms with Gasteiger partial charge in [-0.2, -0.15) is 0 Å². The summed E-state index contributed by atoms with van der Waals surface area (Å²) in [7, 11) is 0. The van der Waals surface area contributed by atoms with Gasteiger partial charge in [-0.25, -0.2) is 4.98 Å². The van der Waals surface area contributed by atoms with Crippen LogP contribution >= 0.6 is 11.8 Å². The number of carbonyl (C=O) groups is 1. The molecule has 0 bridgehead atoms. The van der Waals surface area contributed by atoms with Crippen LogP contribution in [0.15, 0.2) is 53.9 Å². The summed E-state index contributed by atoms with van der Waals surface area (Å²) >= 11 is 1.40. The summed E-state index contributed by atoms with van der Waals surface area (Å²) in [6, 6.07) is 11.5. The zero-order chi connectivity index (χ0) is 18.8. The number of aryl methyl sites for hydroxylation is 1. The van der Waals surface area contributed by atoms with E-state index in [2.05, 4.69) is 36.3 Å². The summed E-state index contributed by atoms with van der Waals surface area (Å²) in [5.74, 6) is 1.49. The smallest absolute Gasteiger partial charge is 0.234 e. The van der Waals surface area contributed by atoms with Crippen LogP contribution in [0.25, 0.3) is 5.69 Å². The Bertz CT molecular complexity index is 1000. The average molecular weight is 381 g/mol. The van der Waals surface area contributed by atoms with Gasteiger partial charge in [0.2, 0.25) is 12.7 Å². The zero-order valence-corrected chi connectivity index (χ0v) is 15.9. The minimum atomic E-state index is -0.102. The lowest BCUT2D eigenvalue weighted by Gasteiger charge is -2.12. The van der Waals surface area contributed by atoms with Crippen molar-refractivity contribution in [3.05, 3.63) is 59.9 Å². The first-order valence-corrected chi connectivity index (χ1v) is 9.52. The Morgan fingerprint density at radius 3 is 2.96 bits per heavy atom. The lowest BCUT2D eigenvalue weighted by molar-refractivity contribution is -0.113. The molecule has 0 radical (unpaired) electrons. The molecule has 0 saturated heterocycles. The molecule has 0 aliphatic carbocycles. The zero-order valence-electron chi connectivity index (χ0n) is 15.1. The van der Waals surface area contributed by atoms with Gasteiger partial charge >= 0.3 is 0 Å². The second-order valence-corrected chi connectivity index (χ2v) is 7.15. The topological polar surface area (TPSA) is 65.4 Å². The number of hydrogen-bond acceptors (Lipinski definition) is 5. The molecule has 0 saturated carbocycles. The lowest BCUT2D eigenvalue weighted by Crippen LogP contribution is -2.14. The Kier molecular flexibility index (Phi) is 4.77. The van der Waals surface area contributed by atoms with Gasteiger partial charge < -0.3 is 14.8 Å². The molecule has 0 fully saturated rings. The molecule has 2 aromatic carbocycles. The summed E-state index contributed by atoms with van der Waals surface area (Å²) in [4.78, 5) is 16.7. The summed E-state index contributed by atoms with van der Waals surface area (Å²) in [6.07, 6.45) is 3.67. The van der Waals surface area contributed by atoms with Crippen LogP contribution in [0.5, 0.6) is 11.5 Å². The number of hydrogen-bond donors (Lipinski definition) is 1. The molecule has 3 aromatic rings. The second kappa shape index (κ2) is 7.36. The van der Waals surface area contributed by atoms with Gasteiger partial charge in [-0.05, 0) is 43.2 Å². The third-order valence-corrected chi connectivity index (χ3v) is 5.40. The molecule has 6 nitrogen and oxygen atoms in total. The van der Waals surface area contributed by atoms with E-state index in [-0.39, 0.29) is 18.5 Å². The first kappa shape index (κ1) is 17.5. The maximum atomic E-state index is 12.3. The molecule has 0 unspecified atom stereocenters. The fraction of sp³-hybridized carbons (Fsp3) is 0.200. The molecule has 1 aromatic heterocycles. The Balaban J connectivity index is 1.43. The molecule has 1 amide bonds. The molecule has 1 aliphatic rings. The molecular weight excluding hydrogens is 362 g/mol. The van der Waals surface area contributed by atoms with Crippen molar-refractivity contribution >= 4 is 23.4 Å². The summed E-state index contributed by atoms with van der Waals surface area (Å²) in [5, 5.41) is 3.66. The Morgan fingerprint density at radius 2 is 2.07 bits per heavy atom. The minimum Gasteiger partial charge on any atom is -0.454 e. The van der Waals surface area contributed by atoms with Crippen molar-refractivity contribution in [3.8, 4) is 17.2 Å². The number of thioether (sulfide) groups is 1. The Morgan fingerprint density at radius 1 is 1.22 bits per heavy atom. The van der Waals surface area contributed by atoms with E-state index in [4.69, 9.17) is 9.47 Å². The van der Waals surface area contributed by atoms with Crippen molar-refractivity contribution in [1.82, 2.24) is 9.55 Å². The number of imidazole rings is 1. The SMILES string of the molecule is Cc1cccc(-n2ccnc2SCC(=O)Nc2ccc3c(c2)OCO3)c1C. The number of amides is 1. The number of fused-ring (bicyclic) bond motifs is 1. The molecule has 4 rings (SSSR count). The summed E-state index contributed by atoms with van der Waals surface area (Å²) < 4.78 is 12.6. The monoisotopic (exact) mass is 381 g/mol. The molecule has 0 spiro atoms. The minimum absolute atomic E-state index is 0.102. The van der Waals surface area contributed by atoms with Crippen LogP contribution in [0.2, 0.25) is 0 Å². The van der Waals surface area contributed by atoms with E-state index in [1.54, 1.807) is 24.4 Å².